The topological polar surface area (TPSA) is 84.3 Å². The van der Waals surface area contributed by atoms with E-state index in [1.165, 1.54) is 0 Å². The zero-order chi connectivity index (χ0) is 21.7. The molecule has 7 nitrogen and oxygen atoms in total. The number of fused-ring (bicyclic) bond motifs is 1. The van der Waals surface area contributed by atoms with Gasteiger partial charge in [-0.1, -0.05) is 34.1 Å². The number of aromatic nitrogens is 2. The first-order chi connectivity index (χ1) is 14.4. The monoisotopic (exact) mass is 470 g/mol. The first-order valence-electron chi connectivity index (χ1n) is 9.74. The van der Waals surface area contributed by atoms with Crippen LogP contribution in [0.3, 0.4) is 0 Å². The van der Waals surface area contributed by atoms with Crippen LogP contribution in [-0.2, 0) is 22.6 Å². The predicted octanol–water partition coefficient (Wildman–Crippen LogP) is 3.21. The highest BCUT2D eigenvalue weighted by Crippen LogP contribution is 2.16. The van der Waals surface area contributed by atoms with E-state index in [1.54, 1.807) is 41.3 Å². The summed E-state index contributed by atoms with van der Waals surface area (Å²) in [6, 6.07) is 14.2. The number of hydrogen-bond donors (Lipinski definition) is 1. The molecule has 2 aromatic carbocycles. The van der Waals surface area contributed by atoms with E-state index in [-0.39, 0.29) is 30.3 Å². The van der Waals surface area contributed by atoms with Gasteiger partial charge in [-0.2, -0.15) is 5.10 Å². The Morgan fingerprint density at radius 3 is 2.30 bits per heavy atom. The second-order valence-corrected chi connectivity index (χ2v) is 7.67. The minimum absolute atomic E-state index is 0.0663. The van der Waals surface area contributed by atoms with Crippen molar-refractivity contribution < 1.29 is 9.59 Å². The van der Waals surface area contributed by atoms with Gasteiger partial charge < -0.3 is 10.2 Å². The maximum atomic E-state index is 12.9. The lowest BCUT2D eigenvalue weighted by Gasteiger charge is -2.19. The van der Waals surface area contributed by atoms with Gasteiger partial charge in [0.25, 0.3) is 5.56 Å². The number of nitrogens with one attached hydrogen (secondary N) is 1. The molecule has 30 heavy (non-hydrogen) atoms. The van der Waals surface area contributed by atoms with Crippen LogP contribution < -0.4 is 10.9 Å². The highest BCUT2D eigenvalue weighted by molar-refractivity contribution is 9.10. The lowest BCUT2D eigenvalue weighted by atomic mass is 10.1. The van der Waals surface area contributed by atoms with Crippen LogP contribution in [-0.4, -0.2) is 39.6 Å². The molecule has 0 fully saturated rings. The standard InChI is InChI=1S/C22H23BrN4O3/c1-3-26(4-2)21(29)13-19-17-7-5-6-8-18(17)22(30)27(25-19)14-20(28)24-16-11-9-15(23)10-12-16/h5-12H,3-4,13-14H2,1-2H3,(H,24,28). The molecule has 0 saturated heterocycles. The van der Waals surface area contributed by atoms with Gasteiger partial charge in [0, 0.05) is 28.6 Å². The molecule has 2 amide bonds. The number of likely N-dealkylation sites (N-methyl/N-ethyl adjacent to an activating group) is 1. The molecular formula is C22H23BrN4O3. The Labute approximate surface area is 182 Å². The lowest BCUT2D eigenvalue weighted by Crippen LogP contribution is -2.34. The fraction of sp³-hybridized carbons (Fsp3) is 0.273. The third-order valence-corrected chi connectivity index (χ3v) is 5.33. The summed E-state index contributed by atoms with van der Waals surface area (Å²) in [7, 11) is 0. The molecule has 0 aliphatic rings. The summed E-state index contributed by atoms with van der Waals surface area (Å²) in [6.45, 7) is 4.79. The molecule has 1 N–H and O–H groups in total. The Hall–Kier alpha value is -3.00. The summed E-state index contributed by atoms with van der Waals surface area (Å²) in [5, 5.41) is 8.20. The molecule has 0 aliphatic carbocycles. The van der Waals surface area contributed by atoms with Gasteiger partial charge in [0.15, 0.2) is 0 Å². The predicted molar refractivity (Wildman–Crippen MR) is 120 cm³/mol. The minimum atomic E-state index is -0.372. The Bertz CT molecular complexity index is 1120. The third kappa shape index (κ3) is 4.94. The highest BCUT2D eigenvalue weighted by atomic mass is 79.9. The van der Waals surface area contributed by atoms with Gasteiger partial charge in [0.05, 0.1) is 17.5 Å². The van der Waals surface area contributed by atoms with Crippen molar-refractivity contribution in [2.24, 2.45) is 0 Å². The van der Waals surface area contributed by atoms with E-state index in [0.29, 0.717) is 35.2 Å². The van der Waals surface area contributed by atoms with Crippen LogP contribution in [0.5, 0.6) is 0 Å². The number of carbonyl (C=O) groups is 2. The van der Waals surface area contributed by atoms with Gasteiger partial charge in [-0.15, -0.1) is 0 Å². The van der Waals surface area contributed by atoms with Crippen molar-refractivity contribution in [3.8, 4) is 0 Å². The number of anilines is 1. The van der Waals surface area contributed by atoms with Crippen LogP contribution in [0.4, 0.5) is 5.69 Å². The fourth-order valence-electron chi connectivity index (χ4n) is 3.24. The quantitative estimate of drug-likeness (QED) is 0.574. The molecule has 1 heterocycles. The average Bonchev–Trinajstić information content (AvgIpc) is 2.74. The van der Waals surface area contributed by atoms with Gasteiger partial charge in [-0.25, -0.2) is 4.68 Å². The number of halogens is 1. The summed E-state index contributed by atoms with van der Waals surface area (Å²) in [4.78, 5) is 39.7. The summed E-state index contributed by atoms with van der Waals surface area (Å²) in [5.41, 5.74) is 0.739. The SMILES string of the molecule is CCN(CC)C(=O)Cc1nn(CC(=O)Nc2ccc(Br)cc2)c(=O)c2ccccc12. The first kappa shape index (κ1) is 21.7. The maximum absolute atomic E-state index is 12.9. The van der Waals surface area contributed by atoms with Crippen molar-refractivity contribution in [1.29, 1.82) is 0 Å². The molecule has 0 radical (unpaired) electrons. The number of rotatable bonds is 7. The van der Waals surface area contributed by atoms with E-state index in [0.717, 1.165) is 9.15 Å². The van der Waals surface area contributed by atoms with Crippen LogP contribution in [0.15, 0.2) is 57.8 Å². The van der Waals surface area contributed by atoms with Gasteiger partial charge in [0.1, 0.15) is 6.54 Å². The van der Waals surface area contributed by atoms with E-state index >= 15 is 0 Å². The van der Waals surface area contributed by atoms with Crippen LogP contribution in [0, 0.1) is 0 Å². The average molecular weight is 471 g/mol. The zero-order valence-electron chi connectivity index (χ0n) is 16.9. The van der Waals surface area contributed by atoms with E-state index < -0.39 is 0 Å². The molecule has 0 spiro atoms. The number of hydrogen-bond acceptors (Lipinski definition) is 4. The van der Waals surface area contributed by atoms with Crippen molar-refractivity contribution in [2.75, 3.05) is 18.4 Å². The van der Waals surface area contributed by atoms with Crippen molar-refractivity contribution in [3.05, 3.63) is 69.1 Å². The number of amides is 2. The smallest absolute Gasteiger partial charge is 0.275 e. The Kier molecular flexibility index (Phi) is 6.99. The maximum Gasteiger partial charge on any atom is 0.275 e. The number of nitrogens with zero attached hydrogens (tertiary/aromatic N) is 3. The summed E-state index contributed by atoms with van der Waals surface area (Å²) in [6.07, 6.45) is 0.0663. The van der Waals surface area contributed by atoms with E-state index in [9.17, 15) is 14.4 Å². The first-order valence-corrected chi connectivity index (χ1v) is 10.5. The van der Waals surface area contributed by atoms with E-state index in [4.69, 9.17) is 0 Å². The minimum Gasteiger partial charge on any atom is -0.343 e. The van der Waals surface area contributed by atoms with Crippen LogP contribution in [0.2, 0.25) is 0 Å². The largest absolute Gasteiger partial charge is 0.343 e. The van der Waals surface area contributed by atoms with Gasteiger partial charge >= 0.3 is 0 Å². The second kappa shape index (κ2) is 9.67. The Morgan fingerprint density at radius 1 is 1.03 bits per heavy atom. The molecule has 0 saturated carbocycles. The molecule has 0 aliphatic heterocycles. The van der Waals surface area contributed by atoms with Crippen molar-refractivity contribution in [3.63, 3.8) is 0 Å². The normalized spacial score (nSPS) is 10.8. The third-order valence-electron chi connectivity index (χ3n) is 4.80. The van der Waals surface area contributed by atoms with Gasteiger partial charge in [0.2, 0.25) is 11.8 Å². The Balaban J connectivity index is 1.91. The molecule has 3 rings (SSSR count). The molecule has 0 atom stereocenters. The van der Waals surface area contributed by atoms with Crippen LogP contribution >= 0.6 is 15.9 Å². The van der Waals surface area contributed by atoms with Crippen LogP contribution in [0.1, 0.15) is 19.5 Å². The zero-order valence-corrected chi connectivity index (χ0v) is 18.5. The lowest BCUT2D eigenvalue weighted by molar-refractivity contribution is -0.130. The molecule has 0 unspecified atom stereocenters. The molecule has 0 bridgehead atoms. The summed E-state index contributed by atoms with van der Waals surface area (Å²) >= 11 is 3.35. The fourth-order valence-corrected chi connectivity index (χ4v) is 3.51. The molecule has 3 aromatic rings. The van der Waals surface area contributed by atoms with Gasteiger partial charge in [-0.05, 0) is 44.2 Å². The molecular weight excluding hydrogens is 448 g/mol. The van der Waals surface area contributed by atoms with Crippen molar-refractivity contribution >= 4 is 44.2 Å². The van der Waals surface area contributed by atoms with E-state index in [2.05, 4.69) is 26.3 Å². The number of carbonyl (C=O) groups excluding carboxylic acids is 2. The van der Waals surface area contributed by atoms with Crippen LogP contribution in [0.25, 0.3) is 10.8 Å². The second-order valence-electron chi connectivity index (χ2n) is 6.75. The highest BCUT2D eigenvalue weighted by Gasteiger charge is 2.17. The van der Waals surface area contributed by atoms with Crippen molar-refractivity contribution in [1.82, 2.24) is 14.7 Å². The Morgan fingerprint density at radius 2 is 1.67 bits per heavy atom. The number of benzene rings is 2. The van der Waals surface area contributed by atoms with Crippen molar-refractivity contribution in [2.45, 2.75) is 26.8 Å². The molecule has 8 heteroatoms. The molecule has 156 valence electrons. The van der Waals surface area contributed by atoms with Gasteiger partial charge in [-0.3, -0.25) is 14.4 Å². The van der Waals surface area contributed by atoms with E-state index in [1.807, 2.05) is 26.0 Å². The molecule has 1 aromatic heterocycles. The summed E-state index contributed by atoms with van der Waals surface area (Å²) in [5.74, 6) is -0.439. The summed E-state index contributed by atoms with van der Waals surface area (Å²) < 4.78 is 2.02.